The molecule has 162 valence electrons. The Labute approximate surface area is 176 Å². The van der Waals surface area contributed by atoms with E-state index in [-0.39, 0.29) is 37.0 Å². The molecule has 1 N–H and O–H groups in total. The van der Waals surface area contributed by atoms with E-state index in [4.69, 9.17) is 9.47 Å². The Morgan fingerprint density at radius 2 is 1.87 bits per heavy atom. The summed E-state index contributed by atoms with van der Waals surface area (Å²) < 4.78 is 24.2. The lowest BCUT2D eigenvalue weighted by Gasteiger charge is -2.44. The molecule has 7 heteroatoms. The predicted molar refractivity (Wildman–Crippen MR) is 112 cm³/mol. The van der Waals surface area contributed by atoms with Crippen LogP contribution in [0.15, 0.2) is 42.5 Å². The van der Waals surface area contributed by atoms with E-state index in [0.717, 1.165) is 12.1 Å². The van der Waals surface area contributed by atoms with Gasteiger partial charge >= 0.3 is 0 Å². The minimum Gasteiger partial charge on any atom is -0.493 e. The number of nitrogens with zero attached hydrogens (tertiary/aromatic N) is 2. The van der Waals surface area contributed by atoms with Crippen LogP contribution in [0.4, 0.5) is 4.39 Å². The Hall–Kier alpha value is -2.64. The molecule has 1 heterocycles. The molecule has 2 aromatic carbocycles. The highest BCUT2D eigenvalue weighted by atomic mass is 19.1. The van der Waals surface area contributed by atoms with Crippen molar-refractivity contribution in [3.05, 3.63) is 59.4 Å². The fraction of sp³-hybridized carbons (Fsp3) is 0.435. The van der Waals surface area contributed by atoms with Crippen molar-refractivity contribution >= 4 is 5.91 Å². The standard InChI is InChI=1S/C23H29FN2O4/c1-16-12-26(17(2)11-25(16)13-18-7-9-20(24)10-8-18)22(28)15-30-23-19(14-27)5-4-6-21(23)29-3/h4-10,16-17,27H,11-15H2,1-3H3/t16-,17+/m0/s1. The second-order valence-corrected chi connectivity index (χ2v) is 7.70. The second kappa shape index (κ2) is 9.91. The van der Waals surface area contributed by atoms with E-state index in [1.165, 1.54) is 19.2 Å². The van der Waals surface area contributed by atoms with E-state index >= 15 is 0 Å². The van der Waals surface area contributed by atoms with Gasteiger partial charge in [-0.3, -0.25) is 9.69 Å². The van der Waals surface area contributed by atoms with Crippen LogP contribution in [0, 0.1) is 5.82 Å². The van der Waals surface area contributed by atoms with Gasteiger partial charge in [-0.25, -0.2) is 4.39 Å². The minimum atomic E-state index is -0.241. The molecule has 0 unspecified atom stereocenters. The number of piperazine rings is 1. The normalized spacial score (nSPS) is 19.6. The summed E-state index contributed by atoms with van der Waals surface area (Å²) in [5.74, 6) is 0.534. The first-order chi connectivity index (χ1) is 14.4. The number of benzene rings is 2. The molecule has 0 radical (unpaired) electrons. The molecule has 1 aliphatic heterocycles. The highest BCUT2D eigenvalue weighted by Crippen LogP contribution is 2.31. The maximum absolute atomic E-state index is 13.1. The van der Waals surface area contributed by atoms with Crippen molar-refractivity contribution in [3.8, 4) is 11.5 Å². The fourth-order valence-corrected chi connectivity index (χ4v) is 3.82. The molecule has 1 saturated heterocycles. The molecule has 2 atom stereocenters. The molecular weight excluding hydrogens is 387 g/mol. The molecule has 0 bridgehead atoms. The Morgan fingerprint density at radius 3 is 2.53 bits per heavy atom. The number of halogens is 1. The smallest absolute Gasteiger partial charge is 0.260 e. The number of hydrogen-bond acceptors (Lipinski definition) is 5. The maximum Gasteiger partial charge on any atom is 0.260 e. The summed E-state index contributed by atoms with van der Waals surface area (Å²) in [7, 11) is 1.52. The zero-order valence-corrected chi connectivity index (χ0v) is 17.7. The van der Waals surface area contributed by atoms with Crippen LogP contribution >= 0.6 is 0 Å². The Balaban J connectivity index is 1.61. The van der Waals surface area contributed by atoms with Gasteiger partial charge in [0.2, 0.25) is 0 Å². The Bertz CT molecular complexity index is 837. The molecule has 1 aliphatic rings. The number of aliphatic hydroxyl groups is 1. The summed E-state index contributed by atoms with van der Waals surface area (Å²) in [4.78, 5) is 17.0. The molecule has 1 amide bonds. The van der Waals surface area contributed by atoms with Gasteiger partial charge in [0.05, 0.1) is 13.7 Å². The highest BCUT2D eigenvalue weighted by Gasteiger charge is 2.32. The van der Waals surface area contributed by atoms with Crippen LogP contribution in [0.5, 0.6) is 11.5 Å². The van der Waals surface area contributed by atoms with Gasteiger partial charge in [0.25, 0.3) is 5.91 Å². The monoisotopic (exact) mass is 416 g/mol. The van der Waals surface area contributed by atoms with Crippen LogP contribution < -0.4 is 9.47 Å². The van der Waals surface area contributed by atoms with Crippen molar-refractivity contribution in [1.82, 2.24) is 9.80 Å². The van der Waals surface area contributed by atoms with Crippen molar-refractivity contribution in [3.63, 3.8) is 0 Å². The van der Waals surface area contributed by atoms with Crippen molar-refractivity contribution < 1.29 is 23.8 Å². The number of hydrogen-bond donors (Lipinski definition) is 1. The first-order valence-corrected chi connectivity index (χ1v) is 10.1. The van der Waals surface area contributed by atoms with Gasteiger partial charge in [0.15, 0.2) is 18.1 Å². The van der Waals surface area contributed by atoms with Crippen LogP contribution in [0.1, 0.15) is 25.0 Å². The first-order valence-electron chi connectivity index (χ1n) is 10.1. The minimum absolute atomic E-state index is 0.0210. The van der Waals surface area contributed by atoms with Crippen molar-refractivity contribution in [1.29, 1.82) is 0 Å². The third-order valence-electron chi connectivity index (χ3n) is 5.53. The lowest BCUT2D eigenvalue weighted by atomic mass is 10.1. The summed E-state index contributed by atoms with van der Waals surface area (Å²) >= 11 is 0. The summed E-state index contributed by atoms with van der Waals surface area (Å²) in [6, 6.07) is 12.0. The van der Waals surface area contributed by atoms with E-state index in [0.29, 0.717) is 30.2 Å². The molecule has 1 fully saturated rings. The molecule has 0 aromatic heterocycles. The third-order valence-corrected chi connectivity index (χ3v) is 5.53. The average Bonchev–Trinajstić information content (AvgIpc) is 2.75. The van der Waals surface area contributed by atoms with Crippen LogP contribution in [0.2, 0.25) is 0 Å². The Morgan fingerprint density at radius 1 is 1.13 bits per heavy atom. The molecule has 6 nitrogen and oxygen atoms in total. The molecule has 3 rings (SSSR count). The summed E-state index contributed by atoms with van der Waals surface area (Å²) in [5, 5.41) is 9.54. The lowest BCUT2D eigenvalue weighted by Crippen LogP contribution is -2.58. The third kappa shape index (κ3) is 5.09. The zero-order chi connectivity index (χ0) is 21.7. The van der Waals surface area contributed by atoms with Gasteiger partial charge in [0.1, 0.15) is 5.82 Å². The molecular formula is C23H29FN2O4. The number of aliphatic hydroxyl groups excluding tert-OH is 1. The van der Waals surface area contributed by atoms with E-state index in [9.17, 15) is 14.3 Å². The average molecular weight is 416 g/mol. The molecule has 2 aromatic rings. The van der Waals surface area contributed by atoms with Crippen LogP contribution in [0.25, 0.3) is 0 Å². The number of ether oxygens (including phenoxy) is 2. The molecule has 0 aliphatic carbocycles. The number of carbonyl (C=O) groups is 1. The topological polar surface area (TPSA) is 62.2 Å². The van der Waals surface area contributed by atoms with E-state index in [1.807, 2.05) is 11.8 Å². The van der Waals surface area contributed by atoms with Gasteiger partial charge in [0, 0.05) is 37.3 Å². The fourth-order valence-electron chi connectivity index (χ4n) is 3.82. The van der Waals surface area contributed by atoms with E-state index in [2.05, 4.69) is 11.8 Å². The van der Waals surface area contributed by atoms with Crippen molar-refractivity contribution in [2.75, 3.05) is 26.8 Å². The Kier molecular flexibility index (Phi) is 7.29. The number of para-hydroxylation sites is 1. The summed E-state index contributed by atoms with van der Waals surface area (Å²) in [6.07, 6.45) is 0. The predicted octanol–water partition coefficient (Wildman–Crippen LogP) is 2.83. The van der Waals surface area contributed by atoms with Crippen LogP contribution in [-0.4, -0.2) is 59.7 Å². The number of amides is 1. The lowest BCUT2D eigenvalue weighted by molar-refractivity contribution is -0.139. The first kappa shape index (κ1) is 22.1. The van der Waals surface area contributed by atoms with Gasteiger partial charge in [-0.05, 0) is 37.6 Å². The number of rotatable bonds is 7. The van der Waals surface area contributed by atoms with Crippen molar-refractivity contribution in [2.24, 2.45) is 0 Å². The van der Waals surface area contributed by atoms with Crippen LogP contribution in [-0.2, 0) is 17.9 Å². The number of carbonyl (C=O) groups excluding carboxylic acids is 1. The highest BCUT2D eigenvalue weighted by molar-refractivity contribution is 5.78. The number of methoxy groups -OCH3 is 1. The summed E-state index contributed by atoms with van der Waals surface area (Å²) in [6.45, 7) is 5.80. The quantitative estimate of drug-likeness (QED) is 0.752. The second-order valence-electron chi connectivity index (χ2n) is 7.70. The zero-order valence-electron chi connectivity index (χ0n) is 17.7. The van der Waals surface area contributed by atoms with Crippen LogP contribution in [0.3, 0.4) is 0 Å². The molecule has 0 spiro atoms. The maximum atomic E-state index is 13.1. The summed E-state index contributed by atoms with van der Waals surface area (Å²) in [5.41, 5.74) is 1.62. The van der Waals surface area contributed by atoms with Gasteiger partial charge in [-0.1, -0.05) is 24.3 Å². The van der Waals surface area contributed by atoms with Gasteiger partial charge < -0.3 is 19.5 Å². The largest absolute Gasteiger partial charge is 0.493 e. The van der Waals surface area contributed by atoms with Gasteiger partial charge in [-0.2, -0.15) is 0 Å². The molecule has 30 heavy (non-hydrogen) atoms. The van der Waals surface area contributed by atoms with Crippen molar-refractivity contribution in [2.45, 2.75) is 39.1 Å². The van der Waals surface area contributed by atoms with E-state index < -0.39 is 0 Å². The SMILES string of the molecule is COc1cccc(CO)c1OCC(=O)N1C[C@H](C)N(Cc2ccc(F)cc2)C[C@H]1C. The van der Waals surface area contributed by atoms with E-state index in [1.54, 1.807) is 30.3 Å². The van der Waals surface area contributed by atoms with Gasteiger partial charge in [-0.15, -0.1) is 0 Å². The molecule has 0 saturated carbocycles.